The second-order valence-corrected chi connectivity index (χ2v) is 7.39. The van der Waals surface area contributed by atoms with Crippen molar-refractivity contribution < 1.29 is 13.2 Å². The lowest BCUT2D eigenvalue weighted by atomic mass is 9.86. The van der Waals surface area contributed by atoms with Crippen LogP contribution in [0.1, 0.15) is 25.0 Å². The first-order valence-electron chi connectivity index (χ1n) is 8.17. The van der Waals surface area contributed by atoms with Gasteiger partial charge in [-0.15, -0.1) is 0 Å². The minimum Gasteiger partial charge on any atom is -0.383 e. The van der Waals surface area contributed by atoms with E-state index in [1.165, 1.54) is 12.1 Å². The van der Waals surface area contributed by atoms with Crippen molar-refractivity contribution in [1.82, 2.24) is 14.9 Å². The third-order valence-corrected chi connectivity index (χ3v) is 3.76. The Kier molecular flexibility index (Phi) is 5.75. The Morgan fingerprint density at radius 1 is 1.19 bits per heavy atom. The average molecular weight is 367 g/mol. The summed E-state index contributed by atoms with van der Waals surface area (Å²) in [6.07, 6.45) is -2.09. The fraction of sp³-hybridized carbons (Fsp3) is 0.444. The molecule has 2 aromatic rings. The summed E-state index contributed by atoms with van der Waals surface area (Å²) in [7, 11) is 4.01. The summed E-state index contributed by atoms with van der Waals surface area (Å²) in [5.41, 5.74) is 6.33. The van der Waals surface area contributed by atoms with Crippen molar-refractivity contribution in [3.63, 3.8) is 0 Å². The topological polar surface area (TPSA) is 67.1 Å². The van der Waals surface area contributed by atoms with Crippen LogP contribution in [0.4, 0.5) is 30.6 Å². The molecule has 0 aliphatic carbocycles. The molecule has 0 saturated carbocycles. The standard InChI is InChI=1S/C18H24F3N5/c1-17(2,11-26(3)4)9-12-10-23-16(25-15(12)22)24-14-7-5-6-13(8-14)18(19,20)21/h5-8,10H,9,11H2,1-4H3,(H3,22,23,24,25). The van der Waals surface area contributed by atoms with E-state index in [9.17, 15) is 13.2 Å². The number of anilines is 3. The van der Waals surface area contributed by atoms with Crippen molar-refractivity contribution in [3.8, 4) is 0 Å². The van der Waals surface area contributed by atoms with Gasteiger partial charge in [-0.3, -0.25) is 0 Å². The second kappa shape index (κ2) is 7.49. The Hall–Kier alpha value is -2.35. The lowest BCUT2D eigenvalue weighted by Gasteiger charge is -2.28. The molecule has 0 radical (unpaired) electrons. The van der Waals surface area contributed by atoms with E-state index in [1.54, 1.807) is 6.20 Å². The van der Waals surface area contributed by atoms with Gasteiger partial charge < -0.3 is 16.0 Å². The molecular formula is C18H24F3N5. The lowest BCUT2D eigenvalue weighted by molar-refractivity contribution is -0.137. The van der Waals surface area contributed by atoms with Crippen LogP contribution in [0, 0.1) is 5.41 Å². The number of nitrogens with one attached hydrogen (secondary N) is 1. The Morgan fingerprint density at radius 2 is 1.88 bits per heavy atom. The summed E-state index contributed by atoms with van der Waals surface area (Å²) < 4.78 is 38.4. The molecule has 8 heteroatoms. The van der Waals surface area contributed by atoms with E-state index in [0.29, 0.717) is 12.2 Å². The summed E-state index contributed by atoms with van der Waals surface area (Å²) in [4.78, 5) is 10.5. The third-order valence-electron chi connectivity index (χ3n) is 3.76. The molecule has 1 heterocycles. The molecule has 1 aromatic carbocycles. The maximum absolute atomic E-state index is 12.8. The van der Waals surface area contributed by atoms with Crippen LogP contribution in [0.3, 0.4) is 0 Å². The molecule has 0 spiro atoms. The minimum atomic E-state index is -4.40. The molecule has 0 bridgehead atoms. The van der Waals surface area contributed by atoms with Gasteiger partial charge in [-0.2, -0.15) is 18.2 Å². The van der Waals surface area contributed by atoms with Gasteiger partial charge >= 0.3 is 6.18 Å². The molecule has 0 amide bonds. The number of hydrogen-bond acceptors (Lipinski definition) is 5. The van der Waals surface area contributed by atoms with Crippen molar-refractivity contribution >= 4 is 17.5 Å². The van der Waals surface area contributed by atoms with Crippen LogP contribution in [-0.2, 0) is 12.6 Å². The van der Waals surface area contributed by atoms with Crippen LogP contribution in [0.25, 0.3) is 0 Å². The van der Waals surface area contributed by atoms with E-state index >= 15 is 0 Å². The molecule has 0 aliphatic rings. The monoisotopic (exact) mass is 367 g/mol. The SMILES string of the molecule is CN(C)CC(C)(C)Cc1cnc(Nc2cccc(C(F)(F)F)c2)nc1N. The van der Waals surface area contributed by atoms with Crippen LogP contribution < -0.4 is 11.1 Å². The van der Waals surface area contributed by atoms with E-state index in [0.717, 1.165) is 24.2 Å². The predicted octanol–water partition coefficient (Wildman–Crippen LogP) is 3.95. The van der Waals surface area contributed by atoms with Gasteiger partial charge in [0.2, 0.25) is 5.95 Å². The van der Waals surface area contributed by atoms with E-state index in [2.05, 4.69) is 34.0 Å². The van der Waals surface area contributed by atoms with Gasteiger partial charge in [-0.1, -0.05) is 19.9 Å². The largest absolute Gasteiger partial charge is 0.416 e. The van der Waals surface area contributed by atoms with Crippen molar-refractivity contribution in [2.75, 3.05) is 31.7 Å². The highest BCUT2D eigenvalue weighted by atomic mass is 19.4. The van der Waals surface area contributed by atoms with E-state index < -0.39 is 11.7 Å². The summed E-state index contributed by atoms with van der Waals surface area (Å²) in [5.74, 6) is 0.484. The van der Waals surface area contributed by atoms with Crippen molar-refractivity contribution in [1.29, 1.82) is 0 Å². The maximum Gasteiger partial charge on any atom is 0.416 e. The van der Waals surface area contributed by atoms with Gasteiger partial charge in [0.05, 0.1) is 5.56 Å². The molecule has 0 unspecified atom stereocenters. The van der Waals surface area contributed by atoms with Crippen LogP contribution in [0.5, 0.6) is 0 Å². The molecule has 26 heavy (non-hydrogen) atoms. The van der Waals surface area contributed by atoms with Gasteiger partial charge in [0.25, 0.3) is 0 Å². The number of alkyl halides is 3. The summed E-state index contributed by atoms with van der Waals surface area (Å²) in [6, 6.07) is 4.86. The Bertz CT molecular complexity index is 757. The van der Waals surface area contributed by atoms with Gasteiger partial charge in [0, 0.05) is 24.0 Å². The number of halogens is 3. The fourth-order valence-electron chi connectivity index (χ4n) is 2.95. The lowest BCUT2D eigenvalue weighted by Crippen LogP contribution is -2.30. The molecule has 2 rings (SSSR count). The smallest absolute Gasteiger partial charge is 0.383 e. The molecule has 0 fully saturated rings. The summed E-state index contributed by atoms with van der Waals surface area (Å²) >= 11 is 0. The number of aromatic nitrogens is 2. The molecule has 3 N–H and O–H groups in total. The van der Waals surface area contributed by atoms with Crippen molar-refractivity contribution in [2.24, 2.45) is 5.41 Å². The zero-order valence-electron chi connectivity index (χ0n) is 15.4. The number of hydrogen-bond donors (Lipinski definition) is 2. The second-order valence-electron chi connectivity index (χ2n) is 7.39. The number of benzene rings is 1. The fourth-order valence-corrected chi connectivity index (χ4v) is 2.95. The third kappa shape index (κ3) is 5.59. The van der Waals surface area contributed by atoms with E-state index in [-0.39, 0.29) is 17.1 Å². The first-order valence-corrected chi connectivity index (χ1v) is 8.17. The molecule has 0 aliphatic heterocycles. The first-order chi connectivity index (χ1) is 12.0. The minimum absolute atomic E-state index is 0.0169. The van der Waals surface area contributed by atoms with Gasteiger partial charge in [-0.05, 0) is 44.1 Å². The van der Waals surface area contributed by atoms with E-state index in [4.69, 9.17) is 5.73 Å². The Balaban J connectivity index is 2.15. The molecule has 5 nitrogen and oxygen atoms in total. The number of nitrogens with two attached hydrogens (primary N) is 1. The quantitative estimate of drug-likeness (QED) is 0.809. The van der Waals surface area contributed by atoms with Crippen LogP contribution in [0.2, 0.25) is 0 Å². The number of nitrogen functional groups attached to an aromatic ring is 1. The maximum atomic E-state index is 12.8. The van der Waals surface area contributed by atoms with E-state index in [1.807, 2.05) is 14.1 Å². The van der Waals surface area contributed by atoms with Crippen molar-refractivity contribution in [2.45, 2.75) is 26.4 Å². The highest BCUT2D eigenvalue weighted by Crippen LogP contribution is 2.31. The Labute approximate surface area is 151 Å². The van der Waals surface area contributed by atoms with Crippen LogP contribution >= 0.6 is 0 Å². The molecule has 0 saturated heterocycles. The molecular weight excluding hydrogens is 343 g/mol. The molecule has 142 valence electrons. The van der Waals surface area contributed by atoms with Gasteiger partial charge in [0.15, 0.2) is 0 Å². The predicted molar refractivity (Wildman–Crippen MR) is 97.2 cm³/mol. The highest BCUT2D eigenvalue weighted by Gasteiger charge is 2.30. The highest BCUT2D eigenvalue weighted by molar-refractivity contribution is 5.56. The number of nitrogens with zero attached hydrogens (tertiary/aromatic N) is 3. The molecule has 0 atom stereocenters. The van der Waals surface area contributed by atoms with Crippen LogP contribution in [-0.4, -0.2) is 35.5 Å². The number of rotatable bonds is 6. The first kappa shape index (κ1) is 20.0. The normalized spacial score (nSPS) is 12.5. The molecule has 1 aromatic heterocycles. The van der Waals surface area contributed by atoms with Gasteiger partial charge in [-0.25, -0.2) is 4.98 Å². The zero-order chi connectivity index (χ0) is 19.5. The van der Waals surface area contributed by atoms with Crippen molar-refractivity contribution in [3.05, 3.63) is 41.6 Å². The Morgan fingerprint density at radius 3 is 2.46 bits per heavy atom. The summed E-state index contributed by atoms with van der Waals surface area (Å²) in [5, 5.41) is 2.77. The summed E-state index contributed by atoms with van der Waals surface area (Å²) in [6.45, 7) is 5.12. The van der Waals surface area contributed by atoms with Crippen LogP contribution in [0.15, 0.2) is 30.5 Å². The zero-order valence-corrected chi connectivity index (χ0v) is 15.4. The average Bonchev–Trinajstić information content (AvgIpc) is 2.48. The van der Waals surface area contributed by atoms with Gasteiger partial charge in [0.1, 0.15) is 5.82 Å².